The number of esters is 1. The van der Waals surface area contributed by atoms with Crippen LogP contribution in [0.2, 0.25) is 0 Å². The molecule has 3 nitrogen and oxygen atoms in total. The van der Waals surface area contributed by atoms with Crippen molar-refractivity contribution in [1.82, 2.24) is 0 Å². The Hall–Kier alpha value is -0.570. The first-order chi connectivity index (χ1) is 10.7. The molecule has 0 spiro atoms. The van der Waals surface area contributed by atoms with Crippen molar-refractivity contribution in [2.45, 2.75) is 100 Å². The van der Waals surface area contributed by atoms with E-state index in [1.807, 2.05) is 20.8 Å². The lowest BCUT2D eigenvalue weighted by atomic mass is 9.63. The highest BCUT2D eigenvalue weighted by atomic mass is 16.6. The molecule has 0 saturated carbocycles. The summed E-state index contributed by atoms with van der Waals surface area (Å²) in [5, 5.41) is 0. The lowest BCUT2D eigenvalue weighted by Gasteiger charge is -2.42. The third-order valence-electron chi connectivity index (χ3n) is 5.08. The van der Waals surface area contributed by atoms with Gasteiger partial charge in [0.15, 0.2) is 0 Å². The standard InChI is InChI=1S/C21H43NO2/c1-16(14-18(23)24-20(5,6)7)21(8,9)17(12-10-11-13-22)15-19(2,3)4/h16-17H,10-15,22H2,1-9H3. The number of hydrogen-bond donors (Lipinski definition) is 1. The summed E-state index contributed by atoms with van der Waals surface area (Å²) in [6, 6.07) is 0. The topological polar surface area (TPSA) is 52.3 Å². The Kier molecular flexibility index (Phi) is 9.00. The van der Waals surface area contributed by atoms with Crippen LogP contribution in [0.25, 0.3) is 0 Å². The van der Waals surface area contributed by atoms with Gasteiger partial charge in [-0.25, -0.2) is 0 Å². The summed E-state index contributed by atoms with van der Waals surface area (Å²) in [6.45, 7) is 20.3. The van der Waals surface area contributed by atoms with E-state index in [0.29, 0.717) is 12.3 Å². The Balaban J connectivity index is 5.01. The van der Waals surface area contributed by atoms with Gasteiger partial charge in [-0.2, -0.15) is 0 Å². The molecule has 2 atom stereocenters. The Morgan fingerprint density at radius 3 is 1.96 bits per heavy atom. The zero-order chi connectivity index (χ0) is 19.2. The van der Waals surface area contributed by atoms with Gasteiger partial charge in [-0.05, 0) is 69.2 Å². The van der Waals surface area contributed by atoms with E-state index >= 15 is 0 Å². The van der Waals surface area contributed by atoms with Gasteiger partial charge in [-0.15, -0.1) is 0 Å². The summed E-state index contributed by atoms with van der Waals surface area (Å²) in [7, 11) is 0. The van der Waals surface area contributed by atoms with Crippen molar-refractivity contribution in [1.29, 1.82) is 0 Å². The van der Waals surface area contributed by atoms with Gasteiger partial charge in [0.25, 0.3) is 0 Å². The number of carbonyl (C=O) groups excluding carboxylic acids is 1. The Morgan fingerprint density at radius 2 is 1.54 bits per heavy atom. The minimum Gasteiger partial charge on any atom is -0.460 e. The molecule has 144 valence electrons. The number of carbonyl (C=O) groups is 1. The highest BCUT2D eigenvalue weighted by Gasteiger charge is 2.37. The van der Waals surface area contributed by atoms with Crippen LogP contribution in [0.1, 0.15) is 94.4 Å². The van der Waals surface area contributed by atoms with E-state index in [1.165, 1.54) is 19.3 Å². The normalized spacial score (nSPS) is 15.9. The van der Waals surface area contributed by atoms with Crippen LogP contribution in [-0.2, 0) is 9.53 Å². The second-order valence-corrected chi connectivity index (χ2v) is 10.3. The lowest BCUT2D eigenvalue weighted by Crippen LogP contribution is -2.36. The molecule has 0 rings (SSSR count). The fraction of sp³-hybridized carbons (Fsp3) is 0.952. The lowest BCUT2D eigenvalue weighted by molar-refractivity contribution is -0.157. The number of ether oxygens (including phenoxy) is 1. The van der Waals surface area contributed by atoms with Crippen LogP contribution >= 0.6 is 0 Å². The minimum absolute atomic E-state index is 0.0838. The fourth-order valence-corrected chi connectivity index (χ4v) is 3.31. The molecule has 0 radical (unpaired) electrons. The molecule has 3 heteroatoms. The average molecular weight is 342 g/mol. The van der Waals surface area contributed by atoms with E-state index in [2.05, 4.69) is 41.5 Å². The molecule has 0 aliphatic carbocycles. The zero-order valence-electron chi connectivity index (χ0n) is 17.8. The predicted octanol–water partition coefficient (Wildman–Crippen LogP) is 5.56. The Morgan fingerprint density at radius 1 is 1.00 bits per heavy atom. The Bertz CT molecular complexity index is 374. The van der Waals surface area contributed by atoms with Gasteiger partial charge >= 0.3 is 5.97 Å². The summed E-state index contributed by atoms with van der Waals surface area (Å²) in [5.74, 6) is 0.790. The van der Waals surface area contributed by atoms with Gasteiger partial charge in [-0.1, -0.05) is 48.0 Å². The van der Waals surface area contributed by atoms with Gasteiger partial charge in [0.05, 0.1) is 0 Å². The minimum atomic E-state index is -0.410. The molecule has 2 unspecified atom stereocenters. The number of hydrogen-bond acceptors (Lipinski definition) is 3. The van der Waals surface area contributed by atoms with Crippen molar-refractivity contribution in [2.24, 2.45) is 28.4 Å². The van der Waals surface area contributed by atoms with E-state index in [0.717, 1.165) is 13.0 Å². The van der Waals surface area contributed by atoms with Gasteiger partial charge in [0.2, 0.25) is 0 Å². The van der Waals surface area contributed by atoms with Crippen LogP contribution < -0.4 is 5.73 Å². The summed E-state index contributed by atoms with van der Waals surface area (Å²) in [4.78, 5) is 12.2. The van der Waals surface area contributed by atoms with E-state index in [1.54, 1.807) is 0 Å². The van der Waals surface area contributed by atoms with Crippen LogP contribution in [0, 0.1) is 22.7 Å². The quantitative estimate of drug-likeness (QED) is 0.441. The van der Waals surface area contributed by atoms with Crippen molar-refractivity contribution in [3.05, 3.63) is 0 Å². The summed E-state index contributed by atoms with van der Waals surface area (Å²) >= 11 is 0. The third kappa shape index (κ3) is 9.66. The van der Waals surface area contributed by atoms with Gasteiger partial charge < -0.3 is 10.5 Å². The predicted molar refractivity (Wildman–Crippen MR) is 104 cm³/mol. The summed E-state index contributed by atoms with van der Waals surface area (Å²) < 4.78 is 5.53. The molecule has 0 heterocycles. The van der Waals surface area contributed by atoms with Crippen LogP contribution in [0.15, 0.2) is 0 Å². The first-order valence-electron chi connectivity index (χ1n) is 9.61. The highest BCUT2D eigenvalue weighted by Crippen LogP contribution is 2.45. The third-order valence-corrected chi connectivity index (χ3v) is 5.08. The van der Waals surface area contributed by atoms with Crippen LogP contribution in [0.4, 0.5) is 0 Å². The molecule has 0 bridgehead atoms. The highest BCUT2D eigenvalue weighted by molar-refractivity contribution is 5.70. The van der Waals surface area contributed by atoms with E-state index in [4.69, 9.17) is 10.5 Å². The zero-order valence-corrected chi connectivity index (χ0v) is 17.8. The van der Waals surface area contributed by atoms with Gasteiger partial charge in [0, 0.05) is 6.42 Å². The van der Waals surface area contributed by atoms with E-state index in [-0.39, 0.29) is 22.7 Å². The van der Waals surface area contributed by atoms with Crippen molar-refractivity contribution >= 4 is 5.97 Å². The number of unbranched alkanes of at least 4 members (excludes halogenated alkanes) is 1. The molecule has 0 aromatic carbocycles. The van der Waals surface area contributed by atoms with E-state index in [9.17, 15) is 4.79 Å². The molecule has 2 N–H and O–H groups in total. The largest absolute Gasteiger partial charge is 0.460 e. The smallest absolute Gasteiger partial charge is 0.306 e. The fourth-order valence-electron chi connectivity index (χ4n) is 3.31. The SMILES string of the molecule is CC(CC(=O)OC(C)(C)C)C(C)(C)C(CCCCN)CC(C)(C)C. The van der Waals surface area contributed by atoms with Crippen molar-refractivity contribution in [2.75, 3.05) is 6.54 Å². The maximum Gasteiger partial charge on any atom is 0.306 e. The van der Waals surface area contributed by atoms with Crippen molar-refractivity contribution < 1.29 is 9.53 Å². The molecule has 0 amide bonds. The molecular formula is C21H43NO2. The number of rotatable bonds is 9. The van der Waals surface area contributed by atoms with Gasteiger partial charge in [-0.3, -0.25) is 4.79 Å². The summed E-state index contributed by atoms with van der Waals surface area (Å²) in [5.41, 5.74) is 5.65. The van der Waals surface area contributed by atoms with Crippen molar-refractivity contribution in [3.8, 4) is 0 Å². The molecule has 0 aliphatic rings. The monoisotopic (exact) mass is 341 g/mol. The van der Waals surface area contributed by atoms with Crippen LogP contribution in [0.5, 0.6) is 0 Å². The van der Waals surface area contributed by atoms with Crippen molar-refractivity contribution in [3.63, 3.8) is 0 Å². The second-order valence-electron chi connectivity index (χ2n) is 10.3. The first kappa shape index (κ1) is 23.4. The maximum absolute atomic E-state index is 12.2. The molecule has 0 aromatic heterocycles. The number of nitrogens with two attached hydrogens (primary N) is 1. The molecule has 0 aliphatic heterocycles. The molecule has 24 heavy (non-hydrogen) atoms. The average Bonchev–Trinajstić information content (AvgIpc) is 2.33. The Labute approximate surface area is 151 Å². The second kappa shape index (κ2) is 9.22. The van der Waals surface area contributed by atoms with Crippen LogP contribution in [0.3, 0.4) is 0 Å². The molecule has 0 saturated heterocycles. The first-order valence-corrected chi connectivity index (χ1v) is 9.61. The van der Waals surface area contributed by atoms with E-state index < -0.39 is 5.60 Å². The molecular weight excluding hydrogens is 298 g/mol. The molecule has 0 fully saturated rings. The van der Waals surface area contributed by atoms with Crippen LogP contribution in [-0.4, -0.2) is 18.1 Å². The maximum atomic E-state index is 12.2. The molecule has 0 aromatic rings. The summed E-state index contributed by atoms with van der Waals surface area (Å²) in [6.07, 6.45) is 5.09. The van der Waals surface area contributed by atoms with Gasteiger partial charge in [0.1, 0.15) is 5.60 Å².